The summed E-state index contributed by atoms with van der Waals surface area (Å²) in [6, 6.07) is 8.59. The van der Waals surface area contributed by atoms with E-state index >= 15 is 0 Å². The summed E-state index contributed by atoms with van der Waals surface area (Å²) in [5.74, 6) is 0.807. The summed E-state index contributed by atoms with van der Waals surface area (Å²) in [7, 11) is 0. The van der Waals surface area contributed by atoms with Gasteiger partial charge in [-0.15, -0.1) is 0 Å². The predicted octanol–water partition coefficient (Wildman–Crippen LogP) is 4.43. The van der Waals surface area contributed by atoms with Crippen LogP contribution in [0.3, 0.4) is 0 Å². The zero-order chi connectivity index (χ0) is 18.7. The van der Waals surface area contributed by atoms with Crippen molar-refractivity contribution in [1.29, 1.82) is 0 Å². The summed E-state index contributed by atoms with van der Waals surface area (Å²) in [5.41, 5.74) is 0.998. The molecule has 138 valence electrons. The first-order valence-electron chi connectivity index (χ1n) is 8.33. The number of carbonyl (C=O) groups excluding carboxylic acids is 1. The van der Waals surface area contributed by atoms with Crippen molar-refractivity contribution in [3.05, 3.63) is 52.6 Å². The van der Waals surface area contributed by atoms with Crippen LogP contribution in [0.5, 0.6) is 5.75 Å². The van der Waals surface area contributed by atoms with Crippen molar-refractivity contribution in [3.63, 3.8) is 0 Å². The third-order valence-corrected chi connectivity index (χ3v) is 4.16. The van der Waals surface area contributed by atoms with Crippen molar-refractivity contribution >= 4 is 32.8 Å². The van der Waals surface area contributed by atoms with Gasteiger partial charge in [0.1, 0.15) is 23.2 Å². The standard InChI is InChI=1S/C19H20BrNO5/c1-11(2)25-16-8-12(9-17-13(16)10-18(20)26-17)19(23)21-6-5-14(22)15-4-3-7-24-15/h3-4,7-11,14,22H,5-6H2,1-2H3,(H,21,23). The van der Waals surface area contributed by atoms with E-state index < -0.39 is 6.10 Å². The molecule has 3 rings (SSSR count). The fourth-order valence-corrected chi connectivity index (χ4v) is 3.01. The molecule has 2 aromatic heterocycles. The van der Waals surface area contributed by atoms with E-state index in [1.807, 2.05) is 19.9 Å². The van der Waals surface area contributed by atoms with Gasteiger partial charge >= 0.3 is 0 Å². The maximum absolute atomic E-state index is 12.5. The van der Waals surface area contributed by atoms with Crippen LogP contribution in [-0.2, 0) is 0 Å². The first kappa shape index (κ1) is 18.5. The van der Waals surface area contributed by atoms with Gasteiger partial charge in [0.05, 0.1) is 17.8 Å². The lowest BCUT2D eigenvalue weighted by Crippen LogP contribution is -2.25. The van der Waals surface area contributed by atoms with Crippen molar-refractivity contribution < 1.29 is 23.5 Å². The summed E-state index contributed by atoms with van der Waals surface area (Å²) in [6.07, 6.45) is 1.06. The Hall–Kier alpha value is -2.25. The van der Waals surface area contributed by atoms with E-state index in [1.54, 1.807) is 24.3 Å². The number of hydrogen-bond donors (Lipinski definition) is 2. The van der Waals surface area contributed by atoms with Gasteiger partial charge in [0, 0.05) is 18.2 Å². The Bertz CT molecular complexity index is 885. The van der Waals surface area contributed by atoms with E-state index in [4.69, 9.17) is 13.6 Å². The highest BCUT2D eigenvalue weighted by Crippen LogP contribution is 2.33. The Morgan fingerprint density at radius 3 is 2.85 bits per heavy atom. The van der Waals surface area contributed by atoms with Crippen LogP contribution in [0.15, 0.2) is 50.1 Å². The Labute approximate surface area is 159 Å². The van der Waals surface area contributed by atoms with Crippen LogP contribution < -0.4 is 10.1 Å². The first-order chi connectivity index (χ1) is 12.4. The number of fused-ring (bicyclic) bond motifs is 1. The van der Waals surface area contributed by atoms with Crippen LogP contribution >= 0.6 is 15.9 Å². The highest BCUT2D eigenvalue weighted by molar-refractivity contribution is 9.10. The summed E-state index contributed by atoms with van der Waals surface area (Å²) < 4.78 is 17.1. The number of benzene rings is 1. The van der Waals surface area contributed by atoms with E-state index in [9.17, 15) is 9.90 Å². The lowest BCUT2D eigenvalue weighted by atomic mass is 10.1. The number of hydrogen-bond acceptors (Lipinski definition) is 5. The van der Waals surface area contributed by atoms with Gasteiger partial charge in [0.2, 0.25) is 0 Å². The summed E-state index contributed by atoms with van der Waals surface area (Å²) in [4.78, 5) is 12.5. The monoisotopic (exact) mass is 421 g/mol. The lowest BCUT2D eigenvalue weighted by Gasteiger charge is -2.13. The van der Waals surface area contributed by atoms with Gasteiger partial charge in [-0.25, -0.2) is 0 Å². The molecule has 1 unspecified atom stereocenters. The average molecular weight is 422 g/mol. The molecular weight excluding hydrogens is 402 g/mol. The molecular formula is C19H20BrNO5. The molecule has 6 nitrogen and oxygen atoms in total. The van der Waals surface area contributed by atoms with Crippen LogP contribution in [-0.4, -0.2) is 23.7 Å². The number of nitrogens with one attached hydrogen (secondary N) is 1. The smallest absolute Gasteiger partial charge is 0.251 e. The Kier molecular flexibility index (Phi) is 5.68. The Morgan fingerprint density at radius 2 is 2.15 bits per heavy atom. The third kappa shape index (κ3) is 4.28. The molecule has 2 heterocycles. The number of rotatable bonds is 7. The predicted molar refractivity (Wildman–Crippen MR) is 100 cm³/mol. The van der Waals surface area contributed by atoms with E-state index in [0.29, 0.717) is 40.3 Å². The Morgan fingerprint density at radius 1 is 1.35 bits per heavy atom. The van der Waals surface area contributed by atoms with Gasteiger partial charge in [-0.1, -0.05) is 0 Å². The highest BCUT2D eigenvalue weighted by Gasteiger charge is 2.16. The first-order valence-corrected chi connectivity index (χ1v) is 9.12. The fourth-order valence-electron chi connectivity index (χ4n) is 2.61. The molecule has 0 spiro atoms. The molecule has 3 aromatic rings. The van der Waals surface area contributed by atoms with Gasteiger partial charge < -0.3 is 24.0 Å². The van der Waals surface area contributed by atoms with Gasteiger partial charge in [-0.3, -0.25) is 4.79 Å². The maximum atomic E-state index is 12.5. The number of halogens is 1. The number of amides is 1. The van der Waals surface area contributed by atoms with Crippen molar-refractivity contribution in [3.8, 4) is 5.75 Å². The molecule has 0 fully saturated rings. The lowest BCUT2D eigenvalue weighted by molar-refractivity contribution is 0.0935. The average Bonchev–Trinajstić information content (AvgIpc) is 3.22. The van der Waals surface area contributed by atoms with Gasteiger partial charge in [0.15, 0.2) is 4.67 Å². The second-order valence-corrected chi connectivity index (χ2v) is 6.96. The zero-order valence-electron chi connectivity index (χ0n) is 14.5. The largest absolute Gasteiger partial charge is 0.490 e. The number of carbonyl (C=O) groups is 1. The molecule has 1 aromatic carbocycles. The molecule has 1 atom stereocenters. The van der Waals surface area contributed by atoms with Gasteiger partial charge in [-0.2, -0.15) is 0 Å². The molecule has 1 amide bonds. The fraction of sp³-hybridized carbons (Fsp3) is 0.316. The van der Waals surface area contributed by atoms with Crippen LogP contribution in [0.2, 0.25) is 0 Å². The van der Waals surface area contributed by atoms with Crippen LogP contribution in [0.25, 0.3) is 11.0 Å². The molecule has 0 aliphatic carbocycles. The molecule has 0 aliphatic heterocycles. The maximum Gasteiger partial charge on any atom is 0.251 e. The minimum atomic E-state index is -0.756. The van der Waals surface area contributed by atoms with E-state index in [1.165, 1.54) is 6.26 Å². The van der Waals surface area contributed by atoms with Crippen LogP contribution in [0, 0.1) is 0 Å². The third-order valence-electron chi connectivity index (χ3n) is 3.77. The second-order valence-electron chi connectivity index (χ2n) is 6.18. The van der Waals surface area contributed by atoms with E-state index in [-0.39, 0.29) is 12.0 Å². The van der Waals surface area contributed by atoms with Crippen molar-refractivity contribution in [2.24, 2.45) is 0 Å². The molecule has 0 bridgehead atoms. The van der Waals surface area contributed by atoms with Crippen molar-refractivity contribution in [2.75, 3.05) is 6.54 Å². The zero-order valence-corrected chi connectivity index (χ0v) is 16.1. The van der Waals surface area contributed by atoms with Gasteiger partial charge in [-0.05, 0) is 60.5 Å². The summed E-state index contributed by atoms with van der Waals surface area (Å²) in [5, 5.41) is 13.6. The SMILES string of the molecule is CC(C)Oc1cc(C(=O)NCCC(O)c2ccco2)cc2oc(Br)cc12. The quantitative estimate of drug-likeness (QED) is 0.589. The van der Waals surface area contributed by atoms with Crippen molar-refractivity contribution in [2.45, 2.75) is 32.5 Å². The van der Waals surface area contributed by atoms with Gasteiger partial charge in [0.25, 0.3) is 5.91 Å². The summed E-state index contributed by atoms with van der Waals surface area (Å²) in [6.45, 7) is 4.15. The molecule has 0 radical (unpaired) electrons. The normalized spacial score (nSPS) is 12.5. The minimum absolute atomic E-state index is 0.0337. The number of aliphatic hydroxyl groups excluding tert-OH is 1. The minimum Gasteiger partial charge on any atom is -0.490 e. The Balaban J connectivity index is 1.71. The number of furan rings is 2. The molecule has 7 heteroatoms. The van der Waals surface area contributed by atoms with Crippen LogP contribution in [0.4, 0.5) is 0 Å². The topological polar surface area (TPSA) is 84.8 Å². The summed E-state index contributed by atoms with van der Waals surface area (Å²) >= 11 is 3.30. The molecule has 26 heavy (non-hydrogen) atoms. The number of ether oxygens (including phenoxy) is 1. The highest BCUT2D eigenvalue weighted by atomic mass is 79.9. The second kappa shape index (κ2) is 7.97. The molecule has 0 aliphatic rings. The van der Waals surface area contributed by atoms with E-state index in [2.05, 4.69) is 21.2 Å². The number of aliphatic hydroxyl groups is 1. The molecule has 2 N–H and O–H groups in total. The van der Waals surface area contributed by atoms with Crippen LogP contribution in [0.1, 0.15) is 42.5 Å². The molecule has 0 saturated heterocycles. The van der Waals surface area contributed by atoms with E-state index in [0.717, 1.165) is 5.39 Å². The van der Waals surface area contributed by atoms with Crippen molar-refractivity contribution in [1.82, 2.24) is 5.32 Å². The molecule has 0 saturated carbocycles.